The van der Waals surface area contributed by atoms with Gasteiger partial charge in [-0.1, -0.05) is 78.9 Å². The number of hydroxylamine groups is 1. The average Bonchev–Trinajstić information content (AvgIpc) is 3.26. The Labute approximate surface area is 202 Å². The number of esters is 1. The molecule has 2 atom stereocenters. The number of para-hydroxylation sites is 1. The highest BCUT2D eigenvalue weighted by Gasteiger charge is 2.33. The van der Waals surface area contributed by atoms with Crippen LogP contribution in [0.4, 0.5) is 0 Å². The molecule has 0 amide bonds. The Hall–Kier alpha value is -3.39. The van der Waals surface area contributed by atoms with E-state index in [1.54, 1.807) is 10.8 Å². The molecule has 1 aromatic heterocycles. The predicted molar refractivity (Wildman–Crippen MR) is 134 cm³/mol. The van der Waals surface area contributed by atoms with Gasteiger partial charge in [-0.15, -0.1) is 11.8 Å². The van der Waals surface area contributed by atoms with Crippen LogP contribution in [-0.2, 0) is 21.9 Å². The monoisotopic (exact) mass is 474 g/mol. The first kappa shape index (κ1) is 23.8. The second-order valence-corrected chi connectivity index (χ2v) is 9.04. The first-order valence-electron chi connectivity index (χ1n) is 10.9. The maximum absolute atomic E-state index is 13.1. The maximum Gasteiger partial charge on any atom is 0.327 e. The number of carbonyl (C=O) groups excluding carboxylic acids is 2. The summed E-state index contributed by atoms with van der Waals surface area (Å²) in [6.07, 6.45) is 1.75. The third kappa shape index (κ3) is 5.39. The largest absolute Gasteiger partial charge is 0.460 e. The normalized spacial score (nSPS) is 12.9. The fourth-order valence-electron chi connectivity index (χ4n) is 3.88. The molecule has 174 valence electrons. The Bertz CT molecular complexity index is 1260. The number of hydrogen-bond acceptors (Lipinski definition) is 6. The van der Waals surface area contributed by atoms with E-state index in [4.69, 9.17) is 4.74 Å². The van der Waals surface area contributed by atoms with Gasteiger partial charge in [0.2, 0.25) is 5.91 Å². The van der Waals surface area contributed by atoms with Gasteiger partial charge < -0.3 is 9.94 Å². The molecule has 1 heterocycles. The second kappa shape index (κ2) is 11.2. The summed E-state index contributed by atoms with van der Waals surface area (Å²) < 4.78 is 7.13. The molecule has 0 fully saturated rings. The van der Waals surface area contributed by atoms with Gasteiger partial charge in [-0.2, -0.15) is 5.48 Å². The Morgan fingerprint density at radius 3 is 2.21 bits per heavy atom. The number of nitrogens with one attached hydrogen (secondary N) is 1. The molecule has 4 rings (SSSR count). The van der Waals surface area contributed by atoms with E-state index in [0.717, 1.165) is 27.6 Å². The van der Waals surface area contributed by atoms with Crippen LogP contribution in [0.15, 0.2) is 91.1 Å². The third-order valence-corrected chi connectivity index (χ3v) is 6.97. The van der Waals surface area contributed by atoms with Crippen LogP contribution in [0.25, 0.3) is 10.9 Å². The van der Waals surface area contributed by atoms with Crippen LogP contribution in [-0.4, -0.2) is 27.7 Å². The number of fused-ring (bicyclic) bond motifs is 1. The molecule has 4 aromatic rings. The Balaban J connectivity index is 1.68. The van der Waals surface area contributed by atoms with E-state index in [9.17, 15) is 14.8 Å². The van der Waals surface area contributed by atoms with Crippen molar-refractivity contribution in [3.05, 3.63) is 108 Å². The van der Waals surface area contributed by atoms with E-state index in [-0.39, 0.29) is 12.5 Å². The number of aromatic nitrogens is 1. The van der Waals surface area contributed by atoms with E-state index < -0.39 is 17.3 Å². The predicted octanol–water partition coefficient (Wildman–Crippen LogP) is 5.37. The van der Waals surface area contributed by atoms with E-state index in [1.807, 2.05) is 84.9 Å². The Morgan fingerprint density at radius 2 is 1.56 bits per heavy atom. The van der Waals surface area contributed by atoms with Gasteiger partial charge >= 0.3 is 5.97 Å². The van der Waals surface area contributed by atoms with Crippen LogP contribution >= 0.6 is 11.8 Å². The standard InChI is InChI=1S/C27H26N2O4S/c1-19(30)29-16-23(22-14-8-9-15-24(22)29)26(34-18-21-12-6-3-7-13-21)25(28-32)27(31)33-17-20-10-4-2-5-11-20/h2-16,25-26,28,32H,17-18H2,1H3. The zero-order chi connectivity index (χ0) is 23.9. The number of thioether (sulfide) groups is 1. The zero-order valence-corrected chi connectivity index (χ0v) is 19.6. The highest BCUT2D eigenvalue weighted by Crippen LogP contribution is 2.39. The molecule has 0 spiro atoms. The summed E-state index contributed by atoms with van der Waals surface area (Å²) in [6.45, 7) is 1.60. The number of ether oxygens (including phenoxy) is 1. The first-order chi connectivity index (χ1) is 16.6. The van der Waals surface area contributed by atoms with E-state index >= 15 is 0 Å². The molecule has 2 N–H and O–H groups in total. The summed E-state index contributed by atoms with van der Waals surface area (Å²) >= 11 is 1.50. The summed E-state index contributed by atoms with van der Waals surface area (Å²) in [4.78, 5) is 25.4. The molecule has 0 aliphatic heterocycles. The van der Waals surface area contributed by atoms with Crippen LogP contribution in [0.1, 0.15) is 33.7 Å². The lowest BCUT2D eigenvalue weighted by Crippen LogP contribution is -2.40. The topological polar surface area (TPSA) is 80.6 Å². The Morgan fingerprint density at radius 1 is 0.941 bits per heavy atom. The number of benzene rings is 3. The lowest BCUT2D eigenvalue weighted by atomic mass is 10.0. The molecule has 0 saturated carbocycles. The molecule has 6 nitrogen and oxygen atoms in total. The Kier molecular flexibility index (Phi) is 7.80. The first-order valence-corrected chi connectivity index (χ1v) is 12.0. The van der Waals surface area contributed by atoms with Crippen molar-refractivity contribution >= 4 is 34.5 Å². The van der Waals surface area contributed by atoms with E-state index in [1.165, 1.54) is 18.7 Å². The van der Waals surface area contributed by atoms with Gasteiger partial charge in [0.25, 0.3) is 0 Å². The second-order valence-electron chi connectivity index (χ2n) is 7.91. The van der Waals surface area contributed by atoms with Crippen LogP contribution in [0.5, 0.6) is 0 Å². The van der Waals surface area contributed by atoms with Crippen molar-refractivity contribution < 1.29 is 19.5 Å². The lowest BCUT2D eigenvalue weighted by Gasteiger charge is -2.24. The maximum atomic E-state index is 13.1. The summed E-state index contributed by atoms with van der Waals surface area (Å²) in [6, 6.07) is 25.8. The number of hydrogen-bond donors (Lipinski definition) is 2. The smallest absolute Gasteiger partial charge is 0.327 e. The van der Waals surface area contributed by atoms with Crippen molar-refractivity contribution in [2.24, 2.45) is 0 Å². The van der Waals surface area contributed by atoms with Crippen molar-refractivity contribution in [3.63, 3.8) is 0 Å². The molecule has 0 bridgehead atoms. The number of carbonyl (C=O) groups is 2. The molecular weight excluding hydrogens is 448 g/mol. The molecule has 7 heteroatoms. The van der Waals surface area contributed by atoms with Crippen molar-refractivity contribution in [2.75, 3.05) is 0 Å². The van der Waals surface area contributed by atoms with Crippen molar-refractivity contribution in [3.8, 4) is 0 Å². The lowest BCUT2D eigenvalue weighted by molar-refractivity contribution is -0.150. The molecular formula is C27H26N2O4S. The van der Waals surface area contributed by atoms with Gasteiger partial charge in [0, 0.05) is 24.3 Å². The fraction of sp³-hybridized carbons (Fsp3) is 0.185. The van der Waals surface area contributed by atoms with Gasteiger partial charge in [0.1, 0.15) is 12.6 Å². The van der Waals surface area contributed by atoms with E-state index in [2.05, 4.69) is 5.48 Å². The SMILES string of the molecule is CC(=O)n1cc(C(SCc2ccccc2)C(NO)C(=O)OCc2ccccc2)c2ccccc21. The quantitative estimate of drug-likeness (QED) is 0.251. The minimum absolute atomic E-state index is 0.100. The molecule has 3 aromatic carbocycles. The average molecular weight is 475 g/mol. The van der Waals surface area contributed by atoms with Crippen molar-refractivity contribution in [1.82, 2.24) is 10.0 Å². The summed E-state index contributed by atoms with van der Waals surface area (Å²) in [5.41, 5.74) is 5.66. The molecule has 0 saturated heterocycles. The van der Waals surface area contributed by atoms with Gasteiger partial charge in [-0.3, -0.25) is 14.2 Å². The summed E-state index contributed by atoms with van der Waals surface area (Å²) in [5, 5.41) is 10.4. The molecule has 0 aliphatic carbocycles. The minimum Gasteiger partial charge on any atom is -0.460 e. The molecule has 34 heavy (non-hydrogen) atoms. The van der Waals surface area contributed by atoms with Crippen LogP contribution < -0.4 is 5.48 Å². The highest BCUT2D eigenvalue weighted by molar-refractivity contribution is 7.98. The van der Waals surface area contributed by atoms with Crippen molar-refractivity contribution in [2.45, 2.75) is 30.6 Å². The van der Waals surface area contributed by atoms with E-state index in [0.29, 0.717) is 5.75 Å². The van der Waals surface area contributed by atoms with Gasteiger partial charge in [-0.25, -0.2) is 0 Å². The molecule has 0 aliphatic rings. The van der Waals surface area contributed by atoms with Gasteiger partial charge in [-0.05, 0) is 22.8 Å². The summed E-state index contributed by atoms with van der Waals surface area (Å²) in [5.74, 6) is -0.0964. The van der Waals surface area contributed by atoms with Gasteiger partial charge in [0.15, 0.2) is 0 Å². The summed E-state index contributed by atoms with van der Waals surface area (Å²) in [7, 11) is 0. The molecule has 0 radical (unpaired) electrons. The number of nitrogens with zero attached hydrogens (tertiary/aromatic N) is 1. The van der Waals surface area contributed by atoms with Crippen LogP contribution in [0.3, 0.4) is 0 Å². The minimum atomic E-state index is -1.04. The van der Waals surface area contributed by atoms with Crippen LogP contribution in [0.2, 0.25) is 0 Å². The van der Waals surface area contributed by atoms with Crippen molar-refractivity contribution in [1.29, 1.82) is 0 Å². The van der Waals surface area contributed by atoms with Gasteiger partial charge in [0.05, 0.1) is 10.8 Å². The third-order valence-electron chi connectivity index (χ3n) is 5.58. The number of rotatable bonds is 9. The zero-order valence-electron chi connectivity index (χ0n) is 18.8. The fourth-order valence-corrected chi connectivity index (χ4v) is 5.18. The van der Waals surface area contributed by atoms with Crippen LogP contribution in [0, 0.1) is 0 Å². The molecule has 2 unspecified atom stereocenters. The highest BCUT2D eigenvalue weighted by atomic mass is 32.2.